The Morgan fingerprint density at radius 1 is 1.23 bits per heavy atom. The quantitative estimate of drug-likeness (QED) is 0.772. The van der Waals surface area contributed by atoms with Gasteiger partial charge in [0.05, 0.1) is 21.7 Å². The molecule has 0 aromatic heterocycles. The minimum Gasteiger partial charge on any atom is -0.455 e. The molecular formula is C18H20Cl2N2O4. The van der Waals surface area contributed by atoms with E-state index in [1.165, 1.54) is 0 Å². The van der Waals surface area contributed by atoms with Crippen molar-refractivity contribution in [2.24, 2.45) is 5.92 Å². The molecule has 26 heavy (non-hydrogen) atoms. The summed E-state index contributed by atoms with van der Waals surface area (Å²) in [5, 5.41) is 3.09. The molecule has 140 valence electrons. The summed E-state index contributed by atoms with van der Waals surface area (Å²) in [6.07, 6.45) is 4.38. The Hall–Kier alpha value is -1.79. The van der Waals surface area contributed by atoms with Crippen LogP contribution in [0.2, 0.25) is 10.0 Å². The molecule has 0 spiro atoms. The second kappa shape index (κ2) is 8.27. The number of hydrogen-bond donors (Lipinski definition) is 1. The average molecular weight is 399 g/mol. The van der Waals surface area contributed by atoms with Crippen LogP contribution in [0.4, 0.5) is 5.69 Å². The van der Waals surface area contributed by atoms with E-state index >= 15 is 0 Å². The zero-order valence-electron chi connectivity index (χ0n) is 14.2. The fourth-order valence-corrected chi connectivity index (χ4v) is 3.85. The molecule has 1 N–H and O–H groups in total. The first-order valence-corrected chi connectivity index (χ1v) is 9.41. The number of carbonyl (C=O) groups excluding carboxylic acids is 3. The predicted octanol–water partition coefficient (Wildman–Crippen LogP) is 3.27. The summed E-state index contributed by atoms with van der Waals surface area (Å²) in [6.45, 7) is -0.0557. The van der Waals surface area contributed by atoms with Gasteiger partial charge in [-0.15, -0.1) is 0 Å². The SMILES string of the molecule is O=C(COC(=O)[C@H]1CC(=O)N(C2CCCC2)C1)Nc1cccc(Cl)c1Cl. The third-order valence-electron chi connectivity index (χ3n) is 4.83. The van der Waals surface area contributed by atoms with Crippen LogP contribution in [-0.4, -0.2) is 41.9 Å². The van der Waals surface area contributed by atoms with Crippen LogP contribution < -0.4 is 5.32 Å². The summed E-state index contributed by atoms with van der Waals surface area (Å²) in [5.74, 6) is -1.55. The van der Waals surface area contributed by atoms with E-state index < -0.39 is 24.4 Å². The lowest BCUT2D eigenvalue weighted by atomic mass is 10.1. The number of nitrogens with one attached hydrogen (secondary N) is 1. The van der Waals surface area contributed by atoms with Gasteiger partial charge in [-0.2, -0.15) is 0 Å². The minimum absolute atomic E-state index is 0.00555. The number of ether oxygens (including phenoxy) is 1. The van der Waals surface area contributed by atoms with Crippen LogP contribution in [-0.2, 0) is 19.1 Å². The Morgan fingerprint density at radius 3 is 2.69 bits per heavy atom. The van der Waals surface area contributed by atoms with Crippen LogP contribution in [0.5, 0.6) is 0 Å². The van der Waals surface area contributed by atoms with Crippen molar-refractivity contribution in [1.82, 2.24) is 4.90 Å². The zero-order chi connectivity index (χ0) is 18.7. The normalized spacial score (nSPS) is 20.5. The highest BCUT2D eigenvalue weighted by atomic mass is 35.5. The number of nitrogens with zero attached hydrogens (tertiary/aromatic N) is 1. The Kier molecular flexibility index (Phi) is 6.04. The molecule has 0 radical (unpaired) electrons. The van der Waals surface area contributed by atoms with Gasteiger partial charge in [0.15, 0.2) is 6.61 Å². The van der Waals surface area contributed by atoms with Gasteiger partial charge in [-0.05, 0) is 25.0 Å². The Labute approximate surface area is 161 Å². The number of hydrogen-bond acceptors (Lipinski definition) is 4. The summed E-state index contributed by atoms with van der Waals surface area (Å²) in [4.78, 5) is 38.1. The molecule has 1 aromatic carbocycles. The standard InChI is InChI=1S/C18H20Cl2N2O4/c19-13-6-3-7-14(17(13)20)21-15(23)10-26-18(25)11-8-16(24)22(9-11)12-4-1-2-5-12/h3,6-7,11-12H,1-2,4-5,8-10H2,(H,21,23)/t11-/m0/s1. The van der Waals surface area contributed by atoms with E-state index in [4.69, 9.17) is 27.9 Å². The van der Waals surface area contributed by atoms with Gasteiger partial charge in [-0.1, -0.05) is 42.1 Å². The third-order valence-corrected chi connectivity index (χ3v) is 5.65. The molecule has 2 aliphatic rings. The van der Waals surface area contributed by atoms with Crippen molar-refractivity contribution in [3.8, 4) is 0 Å². The molecule has 3 rings (SSSR count). The first-order valence-electron chi connectivity index (χ1n) is 8.65. The van der Waals surface area contributed by atoms with E-state index in [9.17, 15) is 14.4 Å². The molecule has 1 aromatic rings. The fourth-order valence-electron chi connectivity index (χ4n) is 3.50. The van der Waals surface area contributed by atoms with Gasteiger partial charge < -0.3 is 15.0 Å². The molecular weight excluding hydrogens is 379 g/mol. The molecule has 1 saturated heterocycles. The van der Waals surface area contributed by atoms with E-state index in [0.29, 0.717) is 17.3 Å². The lowest BCUT2D eigenvalue weighted by Gasteiger charge is -2.23. The molecule has 1 aliphatic carbocycles. The number of benzene rings is 1. The molecule has 2 amide bonds. The van der Waals surface area contributed by atoms with E-state index in [2.05, 4.69) is 5.32 Å². The second-order valence-electron chi connectivity index (χ2n) is 6.64. The van der Waals surface area contributed by atoms with Crippen LogP contribution >= 0.6 is 23.2 Å². The van der Waals surface area contributed by atoms with Crippen LogP contribution in [0.25, 0.3) is 0 Å². The van der Waals surface area contributed by atoms with Crippen molar-refractivity contribution < 1.29 is 19.1 Å². The van der Waals surface area contributed by atoms with E-state index in [-0.39, 0.29) is 23.4 Å². The lowest BCUT2D eigenvalue weighted by Crippen LogP contribution is -2.35. The number of likely N-dealkylation sites (tertiary alicyclic amines) is 1. The van der Waals surface area contributed by atoms with Gasteiger partial charge in [0.2, 0.25) is 5.91 Å². The second-order valence-corrected chi connectivity index (χ2v) is 7.43. The Bertz CT molecular complexity index is 719. The summed E-state index contributed by atoms with van der Waals surface area (Å²) in [5.41, 5.74) is 0.351. The first-order chi connectivity index (χ1) is 12.5. The predicted molar refractivity (Wildman–Crippen MR) is 98.1 cm³/mol. The van der Waals surface area contributed by atoms with Gasteiger partial charge in [0, 0.05) is 19.0 Å². The van der Waals surface area contributed by atoms with E-state index in [0.717, 1.165) is 25.7 Å². The molecule has 2 fully saturated rings. The van der Waals surface area contributed by atoms with Crippen molar-refractivity contribution >= 4 is 46.7 Å². The summed E-state index contributed by atoms with van der Waals surface area (Å²) < 4.78 is 5.08. The van der Waals surface area contributed by atoms with Gasteiger partial charge in [-0.25, -0.2) is 0 Å². The lowest BCUT2D eigenvalue weighted by molar-refractivity contribution is -0.151. The average Bonchev–Trinajstić information content (AvgIpc) is 3.26. The Balaban J connectivity index is 1.48. The number of rotatable bonds is 5. The van der Waals surface area contributed by atoms with Gasteiger partial charge in [0.1, 0.15) is 0 Å². The van der Waals surface area contributed by atoms with Crippen molar-refractivity contribution in [3.63, 3.8) is 0 Å². The minimum atomic E-state index is -0.522. The van der Waals surface area contributed by atoms with Crippen LogP contribution in [0, 0.1) is 5.92 Å². The van der Waals surface area contributed by atoms with Crippen molar-refractivity contribution in [1.29, 1.82) is 0 Å². The number of anilines is 1. The number of amides is 2. The molecule has 1 atom stereocenters. The van der Waals surface area contributed by atoms with Crippen molar-refractivity contribution in [2.75, 3.05) is 18.5 Å². The van der Waals surface area contributed by atoms with Gasteiger partial charge >= 0.3 is 5.97 Å². The van der Waals surface area contributed by atoms with E-state index in [1.807, 2.05) is 0 Å². The molecule has 1 saturated carbocycles. The maximum atomic E-state index is 12.2. The highest BCUT2D eigenvalue weighted by molar-refractivity contribution is 6.44. The monoisotopic (exact) mass is 398 g/mol. The van der Waals surface area contributed by atoms with Gasteiger partial charge in [0.25, 0.3) is 5.91 Å². The van der Waals surface area contributed by atoms with Crippen LogP contribution in [0.15, 0.2) is 18.2 Å². The largest absolute Gasteiger partial charge is 0.455 e. The molecule has 0 unspecified atom stereocenters. The fraction of sp³-hybridized carbons (Fsp3) is 0.500. The zero-order valence-corrected chi connectivity index (χ0v) is 15.7. The summed E-state index contributed by atoms with van der Waals surface area (Å²) >= 11 is 11.9. The maximum absolute atomic E-state index is 12.2. The molecule has 1 aliphatic heterocycles. The number of esters is 1. The van der Waals surface area contributed by atoms with E-state index in [1.54, 1.807) is 23.1 Å². The molecule has 8 heteroatoms. The molecule has 1 heterocycles. The summed E-state index contributed by atoms with van der Waals surface area (Å²) in [7, 11) is 0. The number of halogens is 2. The third kappa shape index (κ3) is 4.30. The van der Waals surface area contributed by atoms with Crippen molar-refractivity contribution in [3.05, 3.63) is 28.2 Å². The highest BCUT2D eigenvalue weighted by Gasteiger charge is 2.39. The smallest absolute Gasteiger partial charge is 0.311 e. The van der Waals surface area contributed by atoms with Crippen molar-refractivity contribution in [2.45, 2.75) is 38.1 Å². The van der Waals surface area contributed by atoms with Crippen LogP contribution in [0.3, 0.4) is 0 Å². The van der Waals surface area contributed by atoms with Gasteiger partial charge in [-0.3, -0.25) is 14.4 Å². The van der Waals surface area contributed by atoms with Crippen LogP contribution in [0.1, 0.15) is 32.1 Å². The molecule has 6 nitrogen and oxygen atoms in total. The topological polar surface area (TPSA) is 75.7 Å². The summed E-state index contributed by atoms with van der Waals surface area (Å²) in [6, 6.07) is 5.10. The molecule has 0 bridgehead atoms. The highest BCUT2D eigenvalue weighted by Crippen LogP contribution is 2.30. The number of carbonyl (C=O) groups is 3. The maximum Gasteiger partial charge on any atom is 0.311 e. The first kappa shape index (κ1) is 19.0. The Morgan fingerprint density at radius 2 is 1.96 bits per heavy atom.